The van der Waals surface area contributed by atoms with E-state index < -0.39 is 23.1 Å². The Balaban J connectivity index is 2.78. The summed E-state index contributed by atoms with van der Waals surface area (Å²) in [7, 11) is 0. The molecule has 0 aliphatic heterocycles. The molecule has 1 aliphatic carbocycles. The lowest BCUT2D eigenvalue weighted by atomic mass is 9.93. The summed E-state index contributed by atoms with van der Waals surface area (Å²) in [5, 5.41) is 18.5. The molecule has 14 heavy (non-hydrogen) atoms. The number of allylic oxidation sites excluding steroid dienone is 1. The molecule has 0 fully saturated rings. The van der Waals surface area contributed by atoms with Crippen LogP contribution in [0.2, 0.25) is 0 Å². The quantitative estimate of drug-likeness (QED) is 0.603. The van der Waals surface area contributed by atoms with E-state index >= 15 is 0 Å². The highest BCUT2D eigenvalue weighted by Gasteiger charge is 2.32. The second-order valence-corrected chi connectivity index (χ2v) is 2.90. The van der Waals surface area contributed by atoms with E-state index in [0.717, 1.165) is 0 Å². The molecule has 1 aromatic rings. The molecule has 0 amide bonds. The van der Waals surface area contributed by atoms with Crippen LogP contribution in [0.5, 0.6) is 0 Å². The Morgan fingerprint density at radius 2 is 1.36 bits per heavy atom. The average molecular weight is 190 g/mol. The maximum atomic E-state index is 11.3. The van der Waals surface area contributed by atoms with Crippen LogP contribution in [-0.4, -0.2) is 21.8 Å². The number of Topliss-reactive ketones (excluding diaryl/α,β-unsaturated/α-hetero) is 2. The molecule has 0 radical (unpaired) electrons. The Labute approximate surface area is 79.1 Å². The predicted octanol–water partition coefficient (Wildman–Crippen LogP) is 1.24. The van der Waals surface area contributed by atoms with Crippen molar-refractivity contribution in [1.82, 2.24) is 0 Å². The number of rotatable bonds is 0. The number of benzene rings is 1. The lowest BCUT2D eigenvalue weighted by Crippen LogP contribution is -2.23. The summed E-state index contributed by atoms with van der Waals surface area (Å²) < 4.78 is 0. The first kappa shape index (κ1) is 8.50. The van der Waals surface area contributed by atoms with Crippen molar-refractivity contribution >= 4 is 17.3 Å². The van der Waals surface area contributed by atoms with Gasteiger partial charge >= 0.3 is 0 Å². The van der Waals surface area contributed by atoms with E-state index in [0.29, 0.717) is 0 Å². The Hall–Kier alpha value is -2.10. The van der Waals surface area contributed by atoms with E-state index in [1.165, 1.54) is 12.1 Å². The third kappa shape index (κ3) is 0.939. The fraction of sp³-hybridized carbons (Fsp3) is 0. The van der Waals surface area contributed by atoms with Crippen LogP contribution in [0, 0.1) is 0 Å². The zero-order valence-corrected chi connectivity index (χ0v) is 7.02. The van der Waals surface area contributed by atoms with Gasteiger partial charge in [-0.2, -0.15) is 0 Å². The summed E-state index contributed by atoms with van der Waals surface area (Å²) >= 11 is 0. The van der Waals surface area contributed by atoms with Gasteiger partial charge in [0.25, 0.3) is 5.78 Å². The van der Waals surface area contributed by atoms with Gasteiger partial charge in [-0.15, -0.1) is 0 Å². The minimum absolute atomic E-state index is 0.118. The summed E-state index contributed by atoms with van der Waals surface area (Å²) in [5.74, 6) is -3.28. The first-order chi connectivity index (χ1) is 6.63. The maximum absolute atomic E-state index is 11.3. The largest absolute Gasteiger partial charge is 0.504 e. The normalized spacial score (nSPS) is 15.7. The Morgan fingerprint density at radius 3 is 2.00 bits per heavy atom. The SMILES string of the molecule is O=C1C(=O)c2ccccc2C(O)=C1O. The smallest absolute Gasteiger partial charge is 0.271 e. The van der Waals surface area contributed by atoms with Crippen LogP contribution in [0.1, 0.15) is 15.9 Å². The highest BCUT2D eigenvalue weighted by atomic mass is 16.3. The van der Waals surface area contributed by atoms with Crippen molar-refractivity contribution in [2.45, 2.75) is 0 Å². The van der Waals surface area contributed by atoms with Gasteiger partial charge < -0.3 is 10.2 Å². The molecule has 0 spiro atoms. The van der Waals surface area contributed by atoms with Gasteiger partial charge in [0, 0.05) is 11.1 Å². The van der Waals surface area contributed by atoms with E-state index in [1.807, 2.05) is 0 Å². The average Bonchev–Trinajstić information content (AvgIpc) is 2.23. The first-order valence-electron chi connectivity index (χ1n) is 3.93. The molecule has 4 nitrogen and oxygen atoms in total. The number of hydrogen-bond donors (Lipinski definition) is 2. The highest BCUT2D eigenvalue weighted by Crippen LogP contribution is 2.25. The summed E-state index contributed by atoms with van der Waals surface area (Å²) in [5.41, 5.74) is 0.308. The van der Waals surface area contributed by atoms with E-state index in [2.05, 4.69) is 0 Å². The molecule has 0 bridgehead atoms. The van der Waals surface area contributed by atoms with Gasteiger partial charge in [0.2, 0.25) is 11.5 Å². The lowest BCUT2D eigenvalue weighted by Gasteiger charge is -2.13. The minimum atomic E-state index is -1.07. The van der Waals surface area contributed by atoms with Crippen LogP contribution < -0.4 is 0 Å². The monoisotopic (exact) mass is 190 g/mol. The number of carbonyl (C=O) groups is 2. The molecule has 2 N–H and O–H groups in total. The maximum Gasteiger partial charge on any atom is 0.271 e. The topological polar surface area (TPSA) is 74.6 Å². The van der Waals surface area contributed by atoms with E-state index in [4.69, 9.17) is 5.11 Å². The highest BCUT2D eigenvalue weighted by molar-refractivity contribution is 6.51. The van der Waals surface area contributed by atoms with Gasteiger partial charge in [-0.1, -0.05) is 24.3 Å². The van der Waals surface area contributed by atoms with Gasteiger partial charge in [0.05, 0.1) is 0 Å². The number of hydrogen-bond acceptors (Lipinski definition) is 4. The Bertz CT molecular complexity index is 471. The molecule has 2 rings (SSSR count). The summed E-state index contributed by atoms with van der Waals surface area (Å²) in [6, 6.07) is 6.08. The number of ketones is 2. The summed E-state index contributed by atoms with van der Waals surface area (Å²) in [6.07, 6.45) is 0. The minimum Gasteiger partial charge on any atom is -0.504 e. The molecule has 0 atom stereocenters. The van der Waals surface area contributed by atoms with Crippen molar-refractivity contribution in [3.63, 3.8) is 0 Å². The fourth-order valence-corrected chi connectivity index (χ4v) is 1.35. The van der Waals surface area contributed by atoms with Gasteiger partial charge in [-0.25, -0.2) is 0 Å². The van der Waals surface area contributed by atoms with Crippen molar-refractivity contribution < 1.29 is 19.8 Å². The number of carbonyl (C=O) groups excluding carboxylic acids is 2. The molecule has 1 aromatic carbocycles. The number of aliphatic hydroxyl groups is 2. The van der Waals surface area contributed by atoms with Crippen molar-refractivity contribution in [3.8, 4) is 0 Å². The molecule has 70 valence electrons. The standard InChI is InChI=1S/C10H6O4/c11-7-5-3-1-2-4-6(5)8(12)10(14)9(7)13/h1-4,11,13H. The Morgan fingerprint density at radius 1 is 0.786 bits per heavy atom. The molecule has 0 heterocycles. The van der Waals surface area contributed by atoms with E-state index in [9.17, 15) is 14.7 Å². The van der Waals surface area contributed by atoms with Crippen molar-refractivity contribution in [3.05, 3.63) is 41.2 Å². The Kier molecular flexibility index (Phi) is 1.64. The van der Waals surface area contributed by atoms with Crippen LogP contribution in [-0.2, 0) is 4.79 Å². The molecule has 4 heteroatoms. The molecular weight excluding hydrogens is 184 g/mol. The second-order valence-electron chi connectivity index (χ2n) is 2.90. The van der Waals surface area contributed by atoms with Crippen molar-refractivity contribution in [2.75, 3.05) is 0 Å². The van der Waals surface area contributed by atoms with Crippen LogP contribution in [0.4, 0.5) is 0 Å². The molecule has 1 aliphatic rings. The molecular formula is C10H6O4. The van der Waals surface area contributed by atoms with Crippen LogP contribution in [0.25, 0.3) is 5.76 Å². The van der Waals surface area contributed by atoms with Gasteiger partial charge in [-0.3, -0.25) is 9.59 Å². The molecule has 0 unspecified atom stereocenters. The van der Waals surface area contributed by atoms with E-state index in [-0.39, 0.29) is 11.1 Å². The molecule has 0 saturated heterocycles. The van der Waals surface area contributed by atoms with Crippen LogP contribution in [0.3, 0.4) is 0 Å². The van der Waals surface area contributed by atoms with Crippen molar-refractivity contribution in [1.29, 1.82) is 0 Å². The van der Waals surface area contributed by atoms with E-state index in [1.54, 1.807) is 12.1 Å². The van der Waals surface area contributed by atoms with Crippen LogP contribution in [0.15, 0.2) is 30.0 Å². The first-order valence-corrected chi connectivity index (χ1v) is 3.93. The van der Waals surface area contributed by atoms with Gasteiger partial charge in [0.1, 0.15) is 0 Å². The summed E-state index contributed by atoms with van der Waals surface area (Å²) in [6.45, 7) is 0. The second kappa shape index (κ2) is 2.70. The predicted molar refractivity (Wildman–Crippen MR) is 48.0 cm³/mol. The molecule has 0 aromatic heterocycles. The molecule has 0 saturated carbocycles. The third-order valence-electron chi connectivity index (χ3n) is 2.07. The van der Waals surface area contributed by atoms with Crippen LogP contribution >= 0.6 is 0 Å². The van der Waals surface area contributed by atoms with Gasteiger partial charge in [-0.05, 0) is 0 Å². The fourth-order valence-electron chi connectivity index (χ4n) is 1.35. The lowest BCUT2D eigenvalue weighted by molar-refractivity contribution is -0.114. The zero-order chi connectivity index (χ0) is 10.3. The zero-order valence-electron chi connectivity index (χ0n) is 7.02. The van der Waals surface area contributed by atoms with Crippen molar-refractivity contribution in [2.24, 2.45) is 0 Å². The number of aliphatic hydroxyl groups excluding tert-OH is 2. The summed E-state index contributed by atoms with van der Waals surface area (Å²) in [4.78, 5) is 22.4. The number of fused-ring (bicyclic) bond motifs is 1. The van der Waals surface area contributed by atoms with Gasteiger partial charge in [0.15, 0.2) is 5.76 Å². The third-order valence-corrected chi connectivity index (χ3v) is 2.07.